The average Bonchev–Trinajstić information content (AvgIpc) is 2.55. The fraction of sp³-hybridized carbons (Fsp3) is 0.158. The number of ketones is 1. The number of carboxylic acid groups (broad SMARTS) is 1. The van der Waals surface area contributed by atoms with Crippen molar-refractivity contribution in [1.29, 1.82) is 0 Å². The van der Waals surface area contributed by atoms with Crippen LogP contribution < -0.4 is 0 Å². The summed E-state index contributed by atoms with van der Waals surface area (Å²) in [6.07, 6.45) is 5.26. The summed E-state index contributed by atoms with van der Waals surface area (Å²) in [5.41, 5.74) is 2.07. The third kappa shape index (κ3) is 3.70. The first kappa shape index (κ1) is 15.7. The van der Waals surface area contributed by atoms with E-state index in [4.69, 9.17) is 0 Å². The van der Waals surface area contributed by atoms with Crippen LogP contribution in [0.3, 0.4) is 0 Å². The molecular formula is C19H18O3. The van der Waals surface area contributed by atoms with Gasteiger partial charge >= 0.3 is 5.97 Å². The molecule has 2 rings (SSSR count). The number of hydrogen-bond donors (Lipinski definition) is 1. The number of aryl methyl sites for hydroxylation is 1. The molecular weight excluding hydrogens is 276 g/mol. The molecule has 0 saturated heterocycles. The van der Waals surface area contributed by atoms with Crippen LogP contribution in [0, 0.1) is 0 Å². The number of aromatic carboxylic acids is 1. The first-order valence-corrected chi connectivity index (χ1v) is 7.20. The first-order chi connectivity index (χ1) is 10.6. The van der Waals surface area contributed by atoms with Crippen LogP contribution in [0.5, 0.6) is 0 Å². The highest BCUT2D eigenvalue weighted by Crippen LogP contribution is 2.17. The molecule has 0 saturated carbocycles. The molecule has 22 heavy (non-hydrogen) atoms. The van der Waals surface area contributed by atoms with Crippen molar-refractivity contribution in [2.75, 3.05) is 0 Å². The summed E-state index contributed by atoms with van der Waals surface area (Å²) in [5, 5.41) is 9.27. The molecule has 0 aromatic heterocycles. The van der Waals surface area contributed by atoms with Crippen LogP contribution in [-0.4, -0.2) is 16.9 Å². The number of benzene rings is 2. The number of rotatable bonds is 6. The van der Waals surface area contributed by atoms with E-state index in [1.807, 2.05) is 37.3 Å². The van der Waals surface area contributed by atoms with E-state index in [0.29, 0.717) is 23.1 Å². The molecule has 0 spiro atoms. The topological polar surface area (TPSA) is 54.4 Å². The molecule has 0 atom stereocenters. The van der Waals surface area contributed by atoms with E-state index in [-0.39, 0.29) is 11.3 Å². The van der Waals surface area contributed by atoms with E-state index in [9.17, 15) is 14.7 Å². The van der Waals surface area contributed by atoms with E-state index >= 15 is 0 Å². The number of carbonyl (C=O) groups excluding carboxylic acids is 1. The van der Waals surface area contributed by atoms with Crippen molar-refractivity contribution in [1.82, 2.24) is 0 Å². The second kappa shape index (κ2) is 7.36. The molecule has 0 aliphatic heterocycles. The third-order valence-electron chi connectivity index (χ3n) is 3.45. The van der Waals surface area contributed by atoms with Crippen LogP contribution >= 0.6 is 0 Å². The fourth-order valence-electron chi connectivity index (χ4n) is 2.31. The number of carbonyl (C=O) groups is 2. The van der Waals surface area contributed by atoms with Gasteiger partial charge in [0, 0.05) is 11.1 Å². The second-order valence-electron chi connectivity index (χ2n) is 4.98. The maximum absolute atomic E-state index is 12.4. The van der Waals surface area contributed by atoms with E-state index in [1.165, 1.54) is 6.07 Å². The molecule has 112 valence electrons. The van der Waals surface area contributed by atoms with Gasteiger partial charge in [-0.25, -0.2) is 4.79 Å². The summed E-state index contributed by atoms with van der Waals surface area (Å²) in [5.74, 6) is -1.06. The first-order valence-electron chi connectivity index (χ1n) is 7.20. The lowest BCUT2D eigenvalue weighted by Gasteiger charge is -2.08. The fourth-order valence-corrected chi connectivity index (χ4v) is 2.31. The molecule has 0 heterocycles. The number of allylic oxidation sites excluding steroid dienone is 2. The molecule has 0 bridgehead atoms. The highest BCUT2D eigenvalue weighted by atomic mass is 16.4. The van der Waals surface area contributed by atoms with Crippen molar-refractivity contribution >= 4 is 11.8 Å². The second-order valence-corrected chi connectivity index (χ2v) is 4.98. The van der Waals surface area contributed by atoms with Gasteiger partial charge in [0.15, 0.2) is 5.78 Å². The standard InChI is InChI=1S/C19H18O3/c1-2-3-5-10-15-13-16(11-12-17(15)19(21)22)18(20)14-8-6-4-7-9-14/h2-4,6-9,11-13H,5,10H2,1H3,(H,21,22)/b3-2+. The lowest BCUT2D eigenvalue weighted by Crippen LogP contribution is -2.07. The lowest BCUT2D eigenvalue weighted by molar-refractivity contribution is 0.0695. The Morgan fingerprint density at radius 1 is 1.05 bits per heavy atom. The summed E-state index contributed by atoms with van der Waals surface area (Å²) in [4.78, 5) is 23.8. The third-order valence-corrected chi connectivity index (χ3v) is 3.45. The highest BCUT2D eigenvalue weighted by Gasteiger charge is 2.14. The Balaban J connectivity index is 2.35. The molecule has 2 aromatic carbocycles. The van der Waals surface area contributed by atoms with Gasteiger partial charge in [0.25, 0.3) is 0 Å². The summed E-state index contributed by atoms with van der Waals surface area (Å²) in [6, 6.07) is 13.8. The predicted octanol–water partition coefficient (Wildman–Crippen LogP) is 4.12. The number of carboxylic acids is 1. The largest absolute Gasteiger partial charge is 0.478 e. The van der Waals surface area contributed by atoms with Gasteiger partial charge in [-0.2, -0.15) is 0 Å². The zero-order valence-electron chi connectivity index (χ0n) is 12.5. The van der Waals surface area contributed by atoms with Crippen molar-refractivity contribution in [3.63, 3.8) is 0 Å². The molecule has 0 aliphatic carbocycles. The van der Waals surface area contributed by atoms with Crippen LogP contribution in [-0.2, 0) is 6.42 Å². The van der Waals surface area contributed by atoms with Crippen molar-refractivity contribution < 1.29 is 14.7 Å². The van der Waals surface area contributed by atoms with Gasteiger partial charge in [-0.3, -0.25) is 4.79 Å². The minimum Gasteiger partial charge on any atom is -0.478 e. The zero-order chi connectivity index (χ0) is 15.9. The Bertz CT molecular complexity index is 700. The van der Waals surface area contributed by atoms with E-state index in [0.717, 1.165) is 6.42 Å². The summed E-state index contributed by atoms with van der Waals surface area (Å²) < 4.78 is 0. The molecule has 2 aromatic rings. The number of hydrogen-bond acceptors (Lipinski definition) is 2. The quantitative estimate of drug-likeness (QED) is 0.644. The van der Waals surface area contributed by atoms with Gasteiger partial charge in [0.1, 0.15) is 0 Å². The normalized spacial score (nSPS) is 10.8. The summed E-state index contributed by atoms with van der Waals surface area (Å²) >= 11 is 0. The highest BCUT2D eigenvalue weighted by molar-refractivity contribution is 6.09. The van der Waals surface area contributed by atoms with Crippen LogP contribution in [0.2, 0.25) is 0 Å². The maximum atomic E-state index is 12.4. The van der Waals surface area contributed by atoms with Crippen LogP contribution in [0.4, 0.5) is 0 Å². The summed E-state index contributed by atoms with van der Waals surface area (Å²) in [6.45, 7) is 1.92. The van der Waals surface area contributed by atoms with Crippen LogP contribution in [0.1, 0.15) is 45.2 Å². The van der Waals surface area contributed by atoms with Gasteiger partial charge in [-0.05, 0) is 37.5 Å². The van der Waals surface area contributed by atoms with Gasteiger partial charge < -0.3 is 5.11 Å². The Labute approximate surface area is 129 Å². The molecule has 0 fully saturated rings. The lowest BCUT2D eigenvalue weighted by atomic mass is 9.96. The average molecular weight is 294 g/mol. The zero-order valence-corrected chi connectivity index (χ0v) is 12.5. The van der Waals surface area contributed by atoms with Crippen LogP contribution in [0.25, 0.3) is 0 Å². The Kier molecular flexibility index (Phi) is 5.26. The summed E-state index contributed by atoms with van der Waals surface area (Å²) in [7, 11) is 0. The predicted molar refractivity (Wildman–Crippen MR) is 86.4 cm³/mol. The molecule has 0 radical (unpaired) electrons. The van der Waals surface area contributed by atoms with Gasteiger partial charge in [0.05, 0.1) is 5.56 Å². The van der Waals surface area contributed by atoms with Gasteiger partial charge in [-0.1, -0.05) is 48.6 Å². The minimum absolute atomic E-state index is 0.0928. The van der Waals surface area contributed by atoms with Crippen molar-refractivity contribution in [3.8, 4) is 0 Å². The van der Waals surface area contributed by atoms with Crippen molar-refractivity contribution in [2.24, 2.45) is 0 Å². The molecule has 0 unspecified atom stereocenters. The molecule has 3 heteroatoms. The molecule has 3 nitrogen and oxygen atoms in total. The van der Waals surface area contributed by atoms with Gasteiger partial charge in [-0.15, -0.1) is 0 Å². The smallest absolute Gasteiger partial charge is 0.335 e. The van der Waals surface area contributed by atoms with E-state index in [1.54, 1.807) is 24.3 Å². The van der Waals surface area contributed by atoms with E-state index in [2.05, 4.69) is 0 Å². The SMILES string of the molecule is C/C=C/CCc1cc(C(=O)c2ccccc2)ccc1C(=O)O. The molecule has 0 aliphatic rings. The Hall–Kier alpha value is -2.68. The van der Waals surface area contributed by atoms with Crippen molar-refractivity contribution in [3.05, 3.63) is 82.9 Å². The van der Waals surface area contributed by atoms with Crippen molar-refractivity contribution in [2.45, 2.75) is 19.8 Å². The Morgan fingerprint density at radius 2 is 1.77 bits per heavy atom. The minimum atomic E-state index is -0.964. The van der Waals surface area contributed by atoms with Gasteiger partial charge in [0.2, 0.25) is 0 Å². The molecule has 1 N–H and O–H groups in total. The monoisotopic (exact) mass is 294 g/mol. The van der Waals surface area contributed by atoms with E-state index < -0.39 is 5.97 Å². The Morgan fingerprint density at radius 3 is 2.41 bits per heavy atom. The molecule has 0 amide bonds. The van der Waals surface area contributed by atoms with Crippen LogP contribution in [0.15, 0.2) is 60.7 Å². The maximum Gasteiger partial charge on any atom is 0.335 e.